The fraction of sp³-hybridized carbons (Fsp3) is 0.714. The molecule has 0 aliphatic carbocycles. The van der Waals surface area contributed by atoms with Crippen molar-refractivity contribution in [3.05, 3.63) is 16.1 Å². The molecule has 6 heteroatoms. The number of aliphatic hydroxyl groups is 1. The van der Waals surface area contributed by atoms with Gasteiger partial charge in [0.2, 0.25) is 5.91 Å². The zero-order valence-electron chi connectivity index (χ0n) is 12.3. The summed E-state index contributed by atoms with van der Waals surface area (Å²) in [7, 11) is 0. The van der Waals surface area contributed by atoms with Crippen LogP contribution in [0, 0.1) is 5.92 Å². The van der Waals surface area contributed by atoms with Crippen LogP contribution in [0.15, 0.2) is 5.38 Å². The number of rotatable bonds is 9. The molecule has 114 valence electrons. The molecule has 0 bridgehead atoms. The quantitative estimate of drug-likeness (QED) is 0.605. The number of nitrogens with zero attached hydrogens (tertiary/aromatic N) is 1. The van der Waals surface area contributed by atoms with Gasteiger partial charge in [-0.2, -0.15) is 0 Å². The van der Waals surface area contributed by atoms with E-state index in [4.69, 9.17) is 10.8 Å². The van der Waals surface area contributed by atoms with Crippen molar-refractivity contribution in [2.75, 3.05) is 13.2 Å². The molecular formula is C14H25N3O2S. The Morgan fingerprint density at radius 3 is 2.85 bits per heavy atom. The molecule has 1 atom stereocenters. The predicted molar refractivity (Wildman–Crippen MR) is 81.5 cm³/mol. The predicted octanol–water partition coefficient (Wildman–Crippen LogP) is 1.62. The molecular weight excluding hydrogens is 274 g/mol. The number of carbonyl (C=O) groups is 1. The highest BCUT2D eigenvalue weighted by atomic mass is 32.1. The Hall–Kier alpha value is -0.980. The van der Waals surface area contributed by atoms with Gasteiger partial charge in [-0.25, -0.2) is 4.98 Å². The van der Waals surface area contributed by atoms with Gasteiger partial charge in [0.1, 0.15) is 5.01 Å². The summed E-state index contributed by atoms with van der Waals surface area (Å²) in [5, 5.41) is 14.3. The Morgan fingerprint density at radius 2 is 2.20 bits per heavy atom. The number of aromatic nitrogens is 1. The molecule has 1 heterocycles. The van der Waals surface area contributed by atoms with Gasteiger partial charge in [-0.15, -0.1) is 11.3 Å². The number of unbranched alkanes of at least 4 members (excludes halogenated alkanes) is 2. The summed E-state index contributed by atoms with van der Waals surface area (Å²) < 4.78 is 0. The van der Waals surface area contributed by atoms with Gasteiger partial charge in [0.15, 0.2) is 0 Å². The van der Waals surface area contributed by atoms with Crippen LogP contribution in [0.4, 0.5) is 0 Å². The summed E-state index contributed by atoms with van der Waals surface area (Å²) in [5.41, 5.74) is 6.82. The highest BCUT2D eigenvalue weighted by Crippen LogP contribution is 2.22. The molecule has 4 N–H and O–H groups in total. The second-order valence-electron chi connectivity index (χ2n) is 5.26. The zero-order chi connectivity index (χ0) is 15.0. The summed E-state index contributed by atoms with van der Waals surface area (Å²) in [5.74, 6) is 0.332. The van der Waals surface area contributed by atoms with E-state index in [0.29, 0.717) is 18.9 Å². The minimum atomic E-state index is -0.0599. The Kier molecular flexibility index (Phi) is 7.72. The average molecular weight is 299 g/mol. The first-order valence-corrected chi connectivity index (χ1v) is 8.00. The van der Waals surface area contributed by atoms with Gasteiger partial charge in [-0.05, 0) is 25.2 Å². The molecule has 0 aliphatic rings. The molecule has 0 fully saturated rings. The van der Waals surface area contributed by atoms with Crippen molar-refractivity contribution in [1.82, 2.24) is 10.3 Å². The molecule has 1 unspecified atom stereocenters. The minimum absolute atomic E-state index is 0.0102. The van der Waals surface area contributed by atoms with Gasteiger partial charge in [-0.3, -0.25) is 4.79 Å². The van der Waals surface area contributed by atoms with Crippen molar-refractivity contribution in [3.8, 4) is 0 Å². The first-order chi connectivity index (χ1) is 9.54. The van der Waals surface area contributed by atoms with Crippen molar-refractivity contribution in [3.63, 3.8) is 0 Å². The van der Waals surface area contributed by atoms with E-state index in [2.05, 4.69) is 24.1 Å². The molecule has 5 nitrogen and oxygen atoms in total. The molecule has 0 saturated carbocycles. The highest BCUT2D eigenvalue weighted by molar-refractivity contribution is 7.09. The molecule has 0 radical (unpaired) electrons. The molecule has 1 amide bonds. The Labute approximate surface area is 124 Å². The van der Waals surface area contributed by atoms with Crippen LogP contribution in [0.5, 0.6) is 0 Å². The summed E-state index contributed by atoms with van der Waals surface area (Å²) in [6.45, 7) is 4.99. The van der Waals surface area contributed by atoms with Crippen LogP contribution in [-0.2, 0) is 11.2 Å². The van der Waals surface area contributed by atoms with Crippen LogP contribution in [0.25, 0.3) is 0 Å². The lowest BCUT2D eigenvalue weighted by atomic mass is 10.1. The highest BCUT2D eigenvalue weighted by Gasteiger charge is 2.15. The molecule has 0 saturated heterocycles. The second kappa shape index (κ2) is 9.05. The number of aliphatic hydroxyl groups excluding tert-OH is 1. The molecule has 0 aromatic carbocycles. The summed E-state index contributed by atoms with van der Waals surface area (Å²) in [6.07, 6.45) is 2.92. The molecule has 0 aliphatic heterocycles. The largest absolute Gasteiger partial charge is 0.396 e. The number of thiazole rings is 1. The van der Waals surface area contributed by atoms with Crippen LogP contribution in [0.2, 0.25) is 0 Å². The van der Waals surface area contributed by atoms with Gasteiger partial charge in [-0.1, -0.05) is 13.8 Å². The van der Waals surface area contributed by atoms with Crippen molar-refractivity contribution >= 4 is 17.2 Å². The zero-order valence-corrected chi connectivity index (χ0v) is 13.1. The lowest BCUT2D eigenvalue weighted by molar-refractivity contribution is -0.120. The monoisotopic (exact) mass is 299 g/mol. The lowest BCUT2D eigenvalue weighted by Gasteiger charge is -2.11. The van der Waals surface area contributed by atoms with Gasteiger partial charge in [0.05, 0.1) is 18.2 Å². The number of carbonyl (C=O) groups excluding carboxylic acids is 1. The van der Waals surface area contributed by atoms with Crippen LogP contribution < -0.4 is 11.1 Å². The van der Waals surface area contributed by atoms with Gasteiger partial charge < -0.3 is 16.2 Å². The first kappa shape index (κ1) is 17.1. The van der Waals surface area contributed by atoms with Gasteiger partial charge in [0, 0.05) is 18.5 Å². The molecule has 1 rings (SSSR count). The smallest absolute Gasteiger partial charge is 0.226 e. The number of nitrogens with two attached hydrogens (primary N) is 1. The molecule has 0 spiro atoms. The van der Waals surface area contributed by atoms with Gasteiger partial charge >= 0.3 is 0 Å². The van der Waals surface area contributed by atoms with Crippen molar-refractivity contribution in [2.24, 2.45) is 11.7 Å². The van der Waals surface area contributed by atoms with E-state index in [1.54, 1.807) is 0 Å². The summed E-state index contributed by atoms with van der Waals surface area (Å²) >= 11 is 1.52. The van der Waals surface area contributed by atoms with Crippen LogP contribution in [0.1, 0.15) is 49.9 Å². The van der Waals surface area contributed by atoms with Crippen LogP contribution in [-0.4, -0.2) is 29.1 Å². The standard InChI is InChI=1S/C14H25N3O2S/c1-10(2)13(15)14-17-11(9-20-14)8-12(19)16-6-4-3-5-7-18/h9-10,13,18H,3-8,15H2,1-2H3,(H,16,19). The summed E-state index contributed by atoms with van der Waals surface area (Å²) in [4.78, 5) is 16.2. The number of hydrogen-bond acceptors (Lipinski definition) is 5. The average Bonchev–Trinajstić information content (AvgIpc) is 2.85. The number of amides is 1. The van der Waals surface area contributed by atoms with E-state index < -0.39 is 0 Å². The Morgan fingerprint density at radius 1 is 1.45 bits per heavy atom. The maximum Gasteiger partial charge on any atom is 0.226 e. The van der Waals surface area contributed by atoms with Crippen molar-refractivity contribution in [2.45, 2.75) is 45.6 Å². The van der Waals surface area contributed by atoms with E-state index in [1.165, 1.54) is 11.3 Å². The van der Waals surface area contributed by atoms with E-state index in [-0.39, 0.29) is 18.6 Å². The SMILES string of the molecule is CC(C)C(N)c1nc(CC(=O)NCCCCCO)cs1. The van der Waals surface area contributed by atoms with E-state index in [9.17, 15) is 4.79 Å². The first-order valence-electron chi connectivity index (χ1n) is 7.12. The number of nitrogens with one attached hydrogen (secondary N) is 1. The third-order valence-corrected chi connectivity index (χ3v) is 4.07. The van der Waals surface area contributed by atoms with Crippen molar-refractivity contribution in [1.29, 1.82) is 0 Å². The van der Waals surface area contributed by atoms with Gasteiger partial charge in [0.25, 0.3) is 0 Å². The van der Waals surface area contributed by atoms with E-state index in [1.807, 2.05) is 5.38 Å². The topological polar surface area (TPSA) is 88.2 Å². The summed E-state index contributed by atoms with van der Waals surface area (Å²) in [6, 6.07) is -0.0599. The van der Waals surface area contributed by atoms with Crippen molar-refractivity contribution < 1.29 is 9.90 Å². The van der Waals surface area contributed by atoms with Crippen LogP contribution >= 0.6 is 11.3 Å². The van der Waals surface area contributed by atoms with E-state index in [0.717, 1.165) is 30.0 Å². The normalized spacial score (nSPS) is 12.7. The Bertz CT molecular complexity index is 407. The third kappa shape index (κ3) is 5.98. The fourth-order valence-corrected chi connectivity index (χ4v) is 2.70. The Balaban J connectivity index is 2.32. The lowest BCUT2D eigenvalue weighted by Crippen LogP contribution is -2.26. The minimum Gasteiger partial charge on any atom is -0.396 e. The third-order valence-electron chi connectivity index (χ3n) is 3.07. The molecule has 1 aromatic heterocycles. The fourth-order valence-electron chi connectivity index (χ4n) is 1.71. The maximum atomic E-state index is 11.7. The second-order valence-corrected chi connectivity index (χ2v) is 6.15. The maximum absolute atomic E-state index is 11.7. The molecule has 1 aromatic rings. The van der Waals surface area contributed by atoms with E-state index >= 15 is 0 Å². The molecule has 20 heavy (non-hydrogen) atoms. The number of hydrogen-bond donors (Lipinski definition) is 3. The van der Waals surface area contributed by atoms with Crippen LogP contribution in [0.3, 0.4) is 0 Å².